The molecule has 1 aliphatic heterocycles. The summed E-state index contributed by atoms with van der Waals surface area (Å²) in [7, 11) is -3.43. The van der Waals surface area contributed by atoms with Crippen LogP contribution in [0.4, 0.5) is 5.69 Å². The predicted octanol–water partition coefficient (Wildman–Crippen LogP) is 2.22. The third-order valence-corrected chi connectivity index (χ3v) is 5.67. The van der Waals surface area contributed by atoms with Crippen LogP contribution >= 0.6 is 0 Å². The molecule has 4 nitrogen and oxygen atoms in total. The number of nitrogens with two attached hydrogens (primary N) is 1. The molecule has 2 N–H and O–H groups in total. The number of hydrogen-bond donors (Lipinski definition) is 1. The Morgan fingerprint density at radius 2 is 1.83 bits per heavy atom. The van der Waals surface area contributed by atoms with Crippen molar-refractivity contribution in [2.75, 3.05) is 5.73 Å². The third kappa shape index (κ3) is 2.37. The summed E-state index contributed by atoms with van der Waals surface area (Å²) in [6, 6.07) is 6.63. The van der Waals surface area contributed by atoms with Crippen molar-refractivity contribution in [3.63, 3.8) is 0 Å². The number of rotatable bonds is 2. The van der Waals surface area contributed by atoms with E-state index < -0.39 is 10.0 Å². The van der Waals surface area contributed by atoms with Gasteiger partial charge in [0.2, 0.25) is 10.0 Å². The van der Waals surface area contributed by atoms with Crippen LogP contribution in [0.25, 0.3) is 0 Å². The zero-order chi connectivity index (χ0) is 13.3. The maximum atomic E-state index is 12.6. The molecule has 1 saturated heterocycles. The maximum absolute atomic E-state index is 12.6. The Labute approximate surface area is 109 Å². The number of anilines is 1. The van der Waals surface area contributed by atoms with Crippen LogP contribution in [-0.2, 0) is 10.0 Å². The van der Waals surface area contributed by atoms with Crippen molar-refractivity contribution < 1.29 is 8.42 Å². The molecule has 0 aliphatic carbocycles. The van der Waals surface area contributed by atoms with Gasteiger partial charge in [-0.3, -0.25) is 0 Å². The minimum absolute atomic E-state index is 0.0557. The van der Waals surface area contributed by atoms with Gasteiger partial charge < -0.3 is 5.73 Å². The van der Waals surface area contributed by atoms with E-state index in [1.807, 2.05) is 13.8 Å². The molecule has 100 valence electrons. The van der Waals surface area contributed by atoms with Crippen molar-refractivity contribution >= 4 is 15.7 Å². The van der Waals surface area contributed by atoms with Gasteiger partial charge in [0.25, 0.3) is 0 Å². The van der Waals surface area contributed by atoms with Crippen molar-refractivity contribution in [2.45, 2.75) is 50.1 Å². The minimum atomic E-state index is -3.43. The van der Waals surface area contributed by atoms with E-state index in [2.05, 4.69) is 0 Å². The van der Waals surface area contributed by atoms with Gasteiger partial charge >= 0.3 is 0 Å². The molecule has 0 radical (unpaired) electrons. The second kappa shape index (κ2) is 4.90. The summed E-state index contributed by atoms with van der Waals surface area (Å²) in [5.74, 6) is 0. The SMILES string of the molecule is CC1CCCC(C)N1S(=O)(=O)c1cccc(N)c1. The Morgan fingerprint density at radius 1 is 1.22 bits per heavy atom. The summed E-state index contributed by atoms with van der Waals surface area (Å²) < 4.78 is 26.9. The number of piperidine rings is 1. The summed E-state index contributed by atoms with van der Waals surface area (Å²) >= 11 is 0. The van der Waals surface area contributed by atoms with Crippen molar-refractivity contribution in [3.8, 4) is 0 Å². The Morgan fingerprint density at radius 3 is 2.39 bits per heavy atom. The fraction of sp³-hybridized carbons (Fsp3) is 0.538. The van der Waals surface area contributed by atoms with Crippen LogP contribution in [0.2, 0.25) is 0 Å². The molecule has 0 saturated carbocycles. The van der Waals surface area contributed by atoms with Crippen LogP contribution in [-0.4, -0.2) is 24.8 Å². The Kier molecular flexibility index (Phi) is 3.64. The highest BCUT2D eigenvalue weighted by Crippen LogP contribution is 2.29. The zero-order valence-electron chi connectivity index (χ0n) is 10.8. The second-order valence-electron chi connectivity index (χ2n) is 5.04. The lowest BCUT2D eigenvalue weighted by Gasteiger charge is -2.37. The first-order chi connectivity index (χ1) is 8.43. The summed E-state index contributed by atoms with van der Waals surface area (Å²) in [5, 5.41) is 0. The van der Waals surface area contributed by atoms with E-state index in [1.54, 1.807) is 22.5 Å². The molecule has 2 atom stereocenters. The Bertz CT molecular complexity index is 518. The van der Waals surface area contributed by atoms with Crippen LogP contribution in [0.15, 0.2) is 29.2 Å². The number of nitrogens with zero attached hydrogens (tertiary/aromatic N) is 1. The third-order valence-electron chi connectivity index (χ3n) is 3.55. The first-order valence-electron chi connectivity index (χ1n) is 6.32. The van der Waals surface area contributed by atoms with Gasteiger partial charge in [-0.1, -0.05) is 12.5 Å². The van der Waals surface area contributed by atoms with Crippen LogP contribution < -0.4 is 5.73 Å². The van der Waals surface area contributed by atoms with Crippen LogP contribution in [0, 0.1) is 0 Å². The summed E-state index contributed by atoms with van der Waals surface area (Å²) in [6.45, 7) is 3.94. The zero-order valence-corrected chi connectivity index (χ0v) is 11.7. The van der Waals surface area contributed by atoms with E-state index in [0.717, 1.165) is 19.3 Å². The molecule has 18 heavy (non-hydrogen) atoms. The minimum Gasteiger partial charge on any atom is -0.399 e. The quantitative estimate of drug-likeness (QED) is 0.836. The molecule has 0 aromatic heterocycles. The van der Waals surface area contributed by atoms with Gasteiger partial charge in [0, 0.05) is 17.8 Å². The molecule has 0 amide bonds. The van der Waals surface area contributed by atoms with E-state index >= 15 is 0 Å². The van der Waals surface area contributed by atoms with Crippen molar-refractivity contribution in [2.24, 2.45) is 0 Å². The molecule has 1 aromatic rings. The van der Waals surface area contributed by atoms with Gasteiger partial charge in [-0.25, -0.2) is 8.42 Å². The van der Waals surface area contributed by atoms with E-state index in [-0.39, 0.29) is 12.1 Å². The maximum Gasteiger partial charge on any atom is 0.243 e. The molecule has 2 unspecified atom stereocenters. The van der Waals surface area contributed by atoms with E-state index in [9.17, 15) is 8.42 Å². The van der Waals surface area contributed by atoms with E-state index in [4.69, 9.17) is 5.73 Å². The number of nitrogen functional groups attached to an aromatic ring is 1. The fourth-order valence-electron chi connectivity index (χ4n) is 2.67. The number of sulfonamides is 1. The first-order valence-corrected chi connectivity index (χ1v) is 7.76. The predicted molar refractivity (Wildman–Crippen MR) is 72.7 cm³/mol. The molecule has 1 aromatic carbocycles. The number of hydrogen-bond acceptors (Lipinski definition) is 3. The molecule has 5 heteroatoms. The van der Waals surface area contributed by atoms with Gasteiger partial charge in [0.05, 0.1) is 4.90 Å². The highest BCUT2D eigenvalue weighted by Gasteiger charge is 2.35. The Balaban J connectivity index is 2.41. The molecular weight excluding hydrogens is 248 g/mol. The number of benzene rings is 1. The standard InChI is InChI=1S/C13H20N2O2S/c1-10-5-3-6-11(2)15(10)18(16,17)13-8-4-7-12(14)9-13/h4,7-11H,3,5-6,14H2,1-2H3. The molecule has 1 aliphatic rings. The summed E-state index contributed by atoms with van der Waals surface area (Å²) in [6.07, 6.45) is 2.93. The van der Waals surface area contributed by atoms with Crippen LogP contribution in [0.3, 0.4) is 0 Å². The first kappa shape index (κ1) is 13.4. The van der Waals surface area contributed by atoms with Gasteiger partial charge in [-0.2, -0.15) is 4.31 Å². The van der Waals surface area contributed by atoms with Gasteiger partial charge in [0.1, 0.15) is 0 Å². The van der Waals surface area contributed by atoms with E-state index in [0.29, 0.717) is 10.6 Å². The molecule has 1 heterocycles. The molecule has 0 bridgehead atoms. The lowest BCUT2D eigenvalue weighted by Crippen LogP contribution is -2.47. The average molecular weight is 268 g/mol. The highest BCUT2D eigenvalue weighted by atomic mass is 32.2. The lowest BCUT2D eigenvalue weighted by molar-refractivity contribution is 0.204. The molecule has 1 fully saturated rings. The van der Waals surface area contributed by atoms with Gasteiger partial charge in [-0.15, -0.1) is 0 Å². The van der Waals surface area contributed by atoms with Crippen LogP contribution in [0.1, 0.15) is 33.1 Å². The summed E-state index contributed by atoms with van der Waals surface area (Å²) in [4.78, 5) is 0.295. The largest absolute Gasteiger partial charge is 0.399 e. The smallest absolute Gasteiger partial charge is 0.243 e. The van der Waals surface area contributed by atoms with Gasteiger partial charge in [-0.05, 0) is 44.9 Å². The van der Waals surface area contributed by atoms with Crippen molar-refractivity contribution in [1.82, 2.24) is 4.31 Å². The fourth-order valence-corrected chi connectivity index (χ4v) is 4.61. The van der Waals surface area contributed by atoms with Crippen molar-refractivity contribution in [1.29, 1.82) is 0 Å². The second-order valence-corrected chi connectivity index (χ2v) is 6.88. The Hall–Kier alpha value is -1.07. The highest BCUT2D eigenvalue weighted by molar-refractivity contribution is 7.89. The average Bonchev–Trinajstić information content (AvgIpc) is 2.28. The summed E-state index contributed by atoms with van der Waals surface area (Å²) in [5.41, 5.74) is 6.15. The van der Waals surface area contributed by atoms with Gasteiger partial charge in [0.15, 0.2) is 0 Å². The molecule has 2 rings (SSSR count). The lowest BCUT2D eigenvalue weighted by atomic mass is 10.0. The van der Waals surface area contributed by atoms with Crippen LogP contribution in [0.5, 0.6) is 0 Å². The molecule has 0 spiro atoms. The van der Waals surface area contributed by atoms with Crippen molar-refractivity contribution in [3.05, 3.63) is 24.3 Å². The van der Waals surface area contributed by atoms with E-state index in [1.165, 1.54) is 6.07 Å². The topological polar surface area (TPSA) is 63.4 Å². The monoisotopic (exact) mass is 268 g/mol. The normalized spacial score (nSPS) is 26.1. The molecular formula is C13H20N2O2S.